The number of carboxylic acids is 1. The van der Waals surface area contributed by atoms with Crippen LogP contribution in [-0.2, 0) is 14.8 Å². The van der Waals surface area contributed by atoms with Crippen LogP contribution in [-0.4, -0.2) is 55.8 Å². The predicted octanol–water partition coefficient (Wildman–Crippen LogP) is -0.137. The Morgan fingerprint density at radius 2 is 2.24 bits per heavy atom. The number of hydrogen-bond donors (Lipinski definition) is 2. The molecular weight excluding hydrogens is 244 g/mol. The van der Waals surface area contributed by atoms with Crippen LogP contribution in [0.4, 0.5) is 0 Å². The SMILES string of the molecule is CCC(C(=O)O)N1CCCC1CS(=O)(=O)NC. The van der Waals surface area contributed by atoms with Crippen LogP contribution in [0.25, 0.3) is 0 Å². The molecule has 1 saturated heterocycles. The highest BCUT2D eigenvalue weighted by Gasteiger charge is 2.35. The van der Waals surface area contributed by atoms with Crippen LogP contribution in [0.15, 0.2) is 0 Å². The number of hydrogen-bond acceptors (Lipinski definition) is 4. The molecule has 0 spiro atoms. The molecule has 0 amide bonds. The van der Waals surface area contributed by atoms with Crippen LogP contribution in [0.3, 0.4) is 0 Å². The van der Waals surface area contributed by atoms with Gasteiger partial charge in [0.05, 0.1) is 5.75 Å². The summed E-state index contributed by atoms with van der Waals surface area (Å²) in [7, 11) is -1.91. The highest BCUT2D eigenvalue weighted by Crippen LogP contribution is 2.22. The van der Waals surface area contributed by atoms with Gasteiger partial charge in [-0.3, -0.25) is 9.69 Å². The summed E-state index contributed by atoms with van der Waals surface area (Å²) in [5.74, 6) is -0.894. The average molecular weight is 264 g/mol. The van der Waals surface area contributed by atoms with Crippen molar-refractivity contribution in [3.05, 3.63) is 0 Å². The minimum Gasteiger partial charge on any atom is -0.480 e. The van der Waals surface area contributed by atoms with E-state index in [1.54, 1.807) is 11.8 Å². The van der Waals surface area contributed by atoms with Crippen LogP contribution in [0, 0.1) is 0 Å². The number of nitrogens with zero attached hydrogens (tertiary/aromatic N) is 1. The van der Waals surface area contributed by atoms with E-state index < -0.39 is 22.0 Å². The summed E-state index contributed by atoms with van der Waals surface area (Å²) < 4.78 is 25.3. The van der Waals surface area contributed by atoms with Crippen molar-refractivity contribution in [1.29, 1.82) is 0 Å². The molecule has 0 aromatic rings. The molecule has 0 aliphatic carbocycles. The summed E-state index contributed by atoms with van der Waals surface area (Å²) in [6.07, 6.45) is 2.09. The molecule has 1 fully saturated rings. The van der Waals surface area contributed by atoms with Gasteiger partial charge in [0.15, 0.2) is 0 Å². The number of nitrogens with one attached hydrogen (secondary N) is 1. The zero-order chi connectivity index (χ0) is 13.1. The molecule has 0 aromatic carbocycles. The molecule has 1 aliphatic heterocycles. The Kier molecular flexibility index (Phi) is 4.91. The molecule has 1 heterocycles. The maximum atomic E-state index is 11.5. The molecule has 0 aromatic heterocycles. The van der Waals surface area contributed by atoms with E-state index in [-0.39, 0.29) is 11.8 Å². The van der Waals surface area contributed by atoms with E-state index in [0.29, 0.717) is 13.0 Å². The van der Waals surface area contributed by atoms with Gasteiger partial charge >= 0.3 is 5.97 Å². The number of carbonyl (C=O) groups is 1. The van der Waals surface area contributed by atoms with E-state index in [2.05, 4.69) is 4.72 Å². The Labute approximate surface area is 102 Å². The number of carboxylic acid groups (broad SMARTS) is 1. The fourth-order valence-corrected chi connectivity index (χ4v) is 3.37. The zero-order valence-corrected chi connectivity index (χ0v) is 11.0. The Morgan fingerprint density at radius 3 is 2.71 bits per heavy atom. The molecule has 2 atom stereocenters. The van der Waals surface area contributed by atoms with Crippen LogP contribution >= 0.6 is 0 Å². The summed E-state index contributed by atoms with van der Waals surface area (Å²) in [6.45, 7) is 2.47. The lowest BCUT2D eigenvalue weighted by Gasteiger charge is -2.29. The summed E-state index contributed by atoms with van der Waals surface area (Å²) in [5.41, 5.74) is 0. The van der Waals surface area contributed by atoms with Gasteiger partial charge in [0.2, 0.25) is 10.0 Å². The monoisotopic (exact) mass is 264 g/mol. The van der Waals surface area contributed by atoms with Gasteiger partial charge in [0, 0.05) is 6.04 Å². The van der Waals surface area contributed by atoms with Gasteiger partial charge < -0.3 is 5.11 Å². The highest BCUT2D eigenvalue weighted by atomic mass is 32.2. The third-order valence-electron chi connectivity index (χ3n) is 3.22. The van der Waals surface area contributed by atoms with Crippen molar-refractivity contribution >= 4 is 16.0 Å². The van der Waals surface area contributed by atoms with Crippen LogP contribution in [0.1, 0.15) is 26.2 Å². The van der Waals surface area contributed by atoms with E-state index >= 15 is 0 Å². The van der Waals surface area contributed by atoms with E-state index in [1.165, 1.54) is 7.05 Å². The number of aliphatic carboxylic acids is 1. The zero-order valence-electron chi connectivity index (χ0n) is 10.2. The van der Waals surface area contributed by atoms with Gasteiger partial charge in [-0.2, -0.15) is 0 Å². The third-order valence-corrected chi connectivity index (χ3v) is 4.66. The lowest BCUT2D eigenvalue weighted by molar-refractivity contribution is -0.143. The second kappa shape index (κ2) is 5.79. The fraction of sp³-hybridized carbons (Fsp3) is 0.900. The minimum atomic E-state index is -3.29. The van der Waals surface area contributed by atoms with Crippen LogP contribution in [0.5, 0.6) is 0 Å². The molecule has 2 N–H and O–H groups in total. The van der Waals surface area contributed by atoms with Crippen molar-refractivity contribution in [2.45, 2.75) is 38.3 Å². The van der Waals surface area contributed by atoms with Crippen molar-refractivity contribution in [1.82, 2.24) is 9.62 Å². The second-order valence-electron chi connectivity index (χ2n) is 4.28. The molecule has 0 saturated carbocycles. The van der Waals surface area contributed by atoms with E-state index in [0.717, 1.165) is 12.8 Å². The van der Waals surface area contributed by atoms with Crippen LogP contribution in [0.2, 0.25) is 0 Å². The normalized spacial score (nSPS) is 23.8. The first-order valence-corrected chi connectivity index (χ1v) is 7.46. The lowest BCUT2D eigenvalue weighted by Crippen LogP contribution is -2.47. The topological polar surface area (TPSA) is 86.7 Å². The van der Waals surface area contributed by atoms with Crippen molar-refractivity contribution in [2.75, 3.05) is 19.3 Å². The average Bonchev–Trinajstić information content (AvgIpc) is 2.66. The molecule has 100 valence electrons. The summed E-state index contributed by atoms with van der Waals surface area (Å²) >= 11 is 0. The van der Waals surface area contributed by atoms with Crippen molar-refractivity contribution in [2.24, 2.45) is 0 Å². The molecule has 7 heteroatoms. The Hall–Kier alpha value is -0.660. The first kappa shape index (κ1) is 14.4. The van der Waals surface area contributed by atoms with E-state index in [9.17, 15) is 13.2 Å². The quantitative estimate of drug-likeness (QED) is 0.697. The van der Waals surface area contributed by atoms with Gasteiger partial charge in [-0.05, 0) is 32.9 Å². The number of rotatable bonds is 6. The molecule has 0 bridgehead atoms. The van der Waals surface area contributed by atoms with Crippen molar-refractivity contribution in [3.63, 3.8) is 0 Å². The molecule has 6 nitrogen and oxygen atoms in total. The molecule has 1 rings (SSSR count). The smallest absolute Gasteiger partial charge is 0.320 e. The first-order chi connectivity index (χ1) is 7.91. The van der Waals surface area contributed by atoms with E-state index in [4.69, 9.17) is 5.11 Å². The summed E-state index contributed by atoms with van der Waals surface area (Å²) in [6, 6.07) is -0.761. The fourth-order valence-electron chi connectivity index (χ4n) is 2.33. The Morgan fingerprint density at radius 1 is 1.59 bits per heavy atom. The van der Waals surface area contributed by atoms with Gasteiger partial charge in [0.1, 0.15) is 6.04 Å². The maximum absolute atomic E-state index is 11.5. The van der Waals surface area contributed by atoms with Gasteiger partial charge in [-0.15, -0.1) is 0 Å². The molecular formula is C10H20N2O4S. The van der Waals surface area contributed by atoms with Gasteiger partial charge in [-0.25, -0.2) is 13.1 Å². The maximum Gasteiger partial charge on any atom is 0.320 e. The van der Waals surface area contributed by atoms with Crippen molar-refractivity contribution < 1.29 is 18.3 Å². The van der Waals surface area contributed by atoms with E-state index in [1.807, 2.05) is 0 Å². The molecule has 2 unspecified atom stereocenters. The Balaban J connectivity index is 2.76. The number of sulfonamides is 1. The molecule has 17 heavy (non-hydrogen) atoms. The second-order valence-corrected chi connectivity index (χ2v) is 6.25. The van der Waals surface area contributed by atoms with Crippen molar-refractivity contribution in [3.8, 4) is 0 Å². The summed E-state index contributed by atoms with van der Waals surface area (Å²) in [4.78, 5) is 12.9. The predicted molar refractivity (Wildman–Crippen MR) is 64.3 cm³/mol. The standard InChI is InChI=1S/C10H20N2O4S/c1-3-9(10(13)14)12-6-4-5-8(12)7-17(15,16)11-2/h8-9,11H,3-7H2,1-2H3,(H,13,14). The Bertz CT molecular complexity index is 369. The molecule has 1 aliphatic rings. The lowest BCUT2D eigenvalue weighted by atomic mass is 10.1. The summed E-state index contributed by atoms with van der Waals surface area (Å²) in [5, 5.41) is 9.10. The largest absolute Gasteiger partial charge is 0.480 e. The number of likely N-dealkylation sites (tertiary alicyclic amines) is 1. The third kappa shape index (κ3) is 3.65. The van der Waals surface area contributed by atoms with Gasteiger partial charge in [-0.1, -0.05) is 6.92 Å². The minimum absolute atomic E-state index is 0.0206. The van der Waals surface area contributed by atoms with Gasteiger partial charge in [0.25, 0.3) is 0 Å². The molecule has 0 radical (unpaired) electrons. The van der Waals surface area contributed by atoms with Crippen LogP contribution < -0.4 is 4.72 Å². The highest BCUT2D eigenvalue weighted by molar-refractivity contribution is 7.89. The first-order valence-electron chi connectivity index (χ1n) is 5.81.